The number of carbonyl (C=O) groups is 2. The van der Waals surface area contributed by atoms with E-state index in [0.717, 1.165) is 6.07 Å². The van der Waals surface area contributed by atoms with E-state index in [1.54, 1.807) is 6.92 Å². The number of aliphatic carboxylic acids is 1. The van der Waals surface area contributed by atoms with Crippen LogP contribution in [0.1, 0.15) is 24.5 Å². The summed E-state index contributed by atoms with van der Waals surface area (Å²) in [6.07, 6.45) is -4.03. The van der Waals surface area contributed by atoms with Crippen molar-refractivity contribution in [3.8, 4) is 0 Å². The summed E-state index contributed by atoms with van der Waals surface area (Å²) in [4.78, 5) is 24.6. The molecule has 2 rings (SSSR count). The first-order chi connectivity index (χ1) is 11.1. The number of hydrogen-bond donors (Lipinski definition) is 2. The summed E-state index contributed by atoms with van der Waals surface area (Å²) in [7, 11) is 0. The fourth-order valence-corrected chi connectivity index (χ4v) is 2.74. The van der Waals surface area contributed by atoms with Gasteiger partial charge in [-0.25, -0.2) is 4.79 Å². The standard InChI is InChI=1S/C16H19F3N2O3/c1-15(13(22)23)7-9-21(10-15)14(24)20-8-6-11-4-2-3-5-12(11)16(17,18)19/h2-5H,6-10H2,1H3,(H,20,24)(H,22,23). The van der Waals surface area contributed by atoms with E-state index in [9.17, 15) is 22.8 Å². The Labute approximate surface area is 137 Å². The maximum Gasteiger partial charge on any atom is 0.416 e. The first kappa shape index (κ1) is 18.1. The van der Waals surface area contributed by atoms with Crippen molar-refractivity contribution in [3.05, 3.63) is 35.4 Å². The fraction of sp³-hybridized carbons (Fsp3) is 0.500. The number of amides is 2. The Morgan fingerprint density at radius 2 is 2.00 bits per heavy atom. The first-order valence-corrected chi connectivity index (χ1v) is 7.55. The normalized spacial score (nSPS) is 20.9. The predicted molar refractivity (Wildman–Crippen MR) is 80.5 cm³/mol. The molecule has 1 unspecified atom stereocenters. The number of carbonyl (C=O) groups excluding carboxylic acids is 1. The highest BCUT2D eigenvalue weighted by Gasteiger charge is 2.42. The van der Waals surface area contributed by atoms with Crippen molar-refractivity contribution in [1.82, 2.24) is 10.2 Å². The largest absolute Gasteiger partial charge is 0.481 e. The van der Waals surface area contributed by atoms with Gasteiger partial charge in [-0.1, -0.05) is 18.2 Å². The molecule has 1 fully saturated rings. The number of nitrogens with zero attached hydrogens (tertiary/aromatic N) is 1. The lowest BCUT2D eigenvalue weighted by atomic mass is 9.90. The second kappa shape index (κ2) is 6.70. The van der Waals surface area contributed by atoms with E-state index < -0.39 is 29.2 Å². The molecule has 2 N–H and O–H groups in total. The Morgan fingerprint density at radius 3 is 2.58 bits per heavy atom. The molecule has 8 heteroatoms. The predicted octanol–water partition coefficient (Wildman–Crippen LogP) is 2.75. The fourth-order valence-electron chi connectivity index (χ4n) is 2.74. The third-order valence-corrected chi connectivity index (χ3v) is 4.27. The topological polar surface area (TPSA) is 69.6 Å². The Bertz CT molecular complexity index is 633. The van der Waals surface area contributed by atoms with Crippen LogP contribution in [0.2, 0.25) is 0 Å². The van der Waals surface area contributed by atoms with Gasteiger partial charge < -0.3 is 15.3 Å². The summed E-state index contributed by atoms with van der Waals surface area (Å²) >= 11 is 0. The zero-order chi connectivity index (χ0) is 18.0. The lowest BCUT2D eigenvalue weighted by molar-refractivity contribution is -0.147. The molecule has 0 aliphatic carbocycles. The van der Waals surface area contributed by atoms with Gasteiger partial charge in [0, 0.05) is 19.6 Å². The molecule has 1 aliphatic rings. The van der Waals surface area contributed by atoms with Crippen LogP contribution in [0.5, 0.6) is 0 Å². The molecule has 1 aromatic carbocycles. The van der Waals surface area contributed by atoms with Crippen molar-refractivity contribution >= 4 is 12.0 Å². The minimum Gasteiger partial charge on any atom is -0.481 e. The number of carboxylic acid groups (broad SMARTS) is 1. The van der Waals surface area contributed by atoms with Gasteiger partial charge in [0.2, 0.25) is 0 Å². The third kappa shape index (κ3) is 3.98. The molecule has 0 bridgehead atoms. The van der Waals surface area contributed by atoms with E-state index in [1.165, 1.54) is 23.1 Å². The van der Waals surface area contributed by atoms with Crippen LogP contribution in [0.4, 0.5) is 18.0 Å². The molecule has 1 atom stereocenters. The summed E-state index contributed by atoms with van der Waals surface area (Å²) in [5.41, 5.74) is -1.57. The SMILES string of the molecule is CC1(C(=O)O)CCN(C(=O)NCCc2ccccc2C(F)(F)F)C1. The number of rotatable bonds is 4. The van der Waals surface area contributed by atoms with Crippen molar-refractivity contribution in [1.29, 1.82) is 0 Å². The first-order valence-electron chi connectivity index (χ1n) is 7.55. The minimum absolute atomic E-state index is 0.0471. The summed E-state index contributed by atoms with van der Waals surface area (Å²) < 4.78 is 38.7. The Kier molecular flexibility index (Phi) is 5.05. The van der Waals surface area contributed by atoms with E-state index in [1.807, 2.05) is 0 Å². The van der Waals surface area contributed by atoms with Crippen LogP contribution in [0, 0.1) is 5.41 Å². The Hall–Kier alpha value is -2.25. The number of halogens is 3. The lowest BCUT2D eigenvalue weighted by Gasteiger charge is -2.20. The van der Waals surface area contributed by atoms with Crippen LogP contribution in [-0.2, 0) is 17.4 Å². The molecule has 0 spiro atoms. The second-order valence-corrected chi connectivity index (χ2v) is 6.17. The lowest BCUT2D eigenvalue weighted by Crippen LogP contribution is -2.41. The van der Waals surface area contributed by atoms with Crippen molar-refractivity contribution in [3.63, 3.8) is 0 Å². The summed E-state index contributed by atoms with van der Waals surface area (Å²) in [5.74, 6) is -0.961. The van der Waals surface area contributed by atoms with E-state index in [4.69, 9.17) is 5.11 Å². The van der Waals surface area contributed by atoms with Crippen LogP contribution in [0.3, 0.4) is 0 Å². The highest BCUT2D eigenvalue weighted by molar-refractivity contribution is 5.79. The van der Waals surface area contributed by atoms with E-state index in [2.05, 4.69) is 5.32 Å². The van der Waals surface area contributed by atoms with Gasteiger partial charge in [-0.15, -0.1) is 0 Å². The third-order valence-electron chi connectivity index (χ3n) is 4.27. The molecule has 0 aromatic heterocycles. The maximum absolute atomic E-state index is 12.9. The van der Waals surface area contributed by atoms with E-state index >= 15 is 0 Å². The summed E-state index contributed by atoms with van der Waals surface area (Å²) in [6, 6.07) is 4.78. The Balaban J connectivity index is 1.90. The molecule has 1 heterocycles. The van der Waals surface area contributed by atoms with Crippen molar-refractivity contribution in [2.75, 3.05) is 19.6 Å². The molecule has 24 heavy (non-hydrogen) atoms. The van der Waals surface area contributed by atoms with Crippen molar-refractivity contribution in [2.45, 2.75) is 25.9 Å². The number of likely N-dealkylation sites (tertiary alicyclic amines) is 1. The molecule has 1 saturated heterocycles. The highest BCUT2D eigenvalue weighted by Crippen LogP contribution is 2.32. The number of carboxylic acids is 1. The average Bonchev–Trinajstić information content (AvgIpc) is 2.91. The van der Waals surface area contributed by atoms with Gasteiger partial charge in [0.05, 0.1) is 11.0 Å². The molecule has 5 nitrogen and oxygen atoms in total. The molecule has 0 radical (unpaired) electrons. The van der Waals surface area contributed by atoms with Gasteiger partial charge in [-0.2, -0.15) is 13.2 Å². The molecule has 0 saturated carbocycles. The quantitative estimate of drug-likeness (QED) is 0.882. The Morgan fingerprint density at radius 1 is 1.33 bits per heavy atom. The van der Waals surface area contributed by atoms with Gasteiger partial charge in [0.25, 0.3) is 0 Å². The van der Waals surface area contributed by atoms with Crippen LogP contribution < -0.4 is 5.32 Å². The molecule has 1 aromatic rings. The maximum atomic E-state index is 12.9. The van der Waals surface area contributed by atoms with Crippen LogP contribution >= 0.6 is 0 Å². The average molecular weight is 344 g/mol. The number of benzene rings is 1. The van der Waals surface area contributed by atoms with E-state index in [-0.39, 0.29) is 25.1 Å². The smallest absolute Gasteiger partial charge is 0.416 e. The van der Waals surface area contributed by atoms with Crippen LogP contribution in [0.25, 0.3) is 0 Å². The second-order valence-electron chi connectivity index (χ2n) is 6.17. The van der Waals surface area contributed by atoms with Gasteiger partial charge in [-0.3, -0.25) is 4.79 Å². The monoisotopic (exact) mass is 344 g/mol. The molecule has 2 amide bonds. The van der Waals surface area contributed by atoms with Crippen LogP contribution in [0.15, 0.2) is 24.3 Å². The molecule has 132 valence electrons. The zero-order valence-corrected chi connectivity index (χ0v) is 13.2. The summed E-state index contributed by atoms with van der Waals surface area (Å²) in [5, 5.41) is 11.7. The number of nitrogens with one attached hydrogen (secondary N) is 1. The molecular formula is C16H19F3N2O3. The number of urea groups is 1. The van der Waals surface area contributed by atoms with Gasteiger partial charge in [0.15, 0.2) is 0 Å². The van der Waals surface area contributed by atoms with Crippen molar-refractivity contribution in [2.24, 2.45) is 5.41 Å². The van der Waals surface area contributed by atoms with Gasteiger partial charge >= 0.3 is 18.2 Å². The number of alkyl halides is 3. The molecule has 1 aliphatic heterocycles. The van der Waals surface area contributed by atoms with E-state index in [0.29, 0.717) is 13.0 Å². The van der Waals surface area contributed by atoms with Crippen LogP contribution in [-0.4, -0.2) is 41.6 Å². The number of hydrogen-bond acceptors (Lipinski definition) is 2. The highest BCUT2D eigenvalue weighted by atomic mass is 19.4. The van der Waals surface area contributed by atoms with Gasteiger partial charge in [-0.05, 0) is 31.4 Å². The minimum atomic E-state index is -4.43. The van der Waals surface area contributed by atoms with Gasteiger partial charge in [0.1, 0.15) is 0 Å². The summed E-state index contributed by atoms with van der Waals surface area (Å²) in [6.45, 7) is 2.02. The van der Waals surface area contributed by atoms with Crippen molar-refractivity contribution < 1.29 is 27.9 Å². The zero-order valence-electron chi connectivity index (χ0n) is 13.2. The molecular weight excluding hydrogens is 325 g/mol.